The smallest absolute Gasteiger partial charge is 0.333 e. The molecule has 1 fully saturated rings. The second-order valence-corrected chi connectivity index (χ2v) is 10.1. The molecule has 6 nitrogen and oxygen atoms in total. The second-order valence-electron chi connectivity index (χ2n) is 10.1. The summed E-state index contributed by atoms with van der Waals surface area (Å²) in [6.07, 6.45) is 2.86. The number of nitrogens with one attached hydrogen (secondary N) is 1. The average molecular weight is 382 g/mol. The van der Waals surface area contributed by atoms with Crippen LogP contribution in [-0.2, 0) is 9.53 Å². The Morgan fingerprint density at radius 1 is 1.26 bits per heavy atom. The molecule has 0 spiro atoms. The van der Waals surface area contributed by atoms with Gasteiger partial charge in [-0.15, -0.1) is 0 Å². The van der Waals surface area contributed by atoms with Crippen LogP contribution in [0.1, 0.15) is 67.7 Å². The molecule has 156 valence electrons. The first-order valence-corrected chi connectivity index (χ1v) is 9.80. The van der Waals surface area contributed by atoms with Crippen molar-refractivity contribution in [2.75, 3.05) is 19.7 Å². The van der Waals surface area contributed by atoms with Crippen LogP contribution >= 0.6 is 0 Å². The topological polar surface area (TPSA) is 84.7 Å². The van der Waals surface area contributed by atoms with Gasteiger partial charge in [-0.25, -0.2) is 9.59 Å². The lowest BCUT2D eigenvalue weighted by Gasteiger charge is -2.47. The summed E-state index contributed by atoms with van der Waals surface area (Å²) in [6, 6.07) is -0.0476. The predicted molar refractivity (Wildman–Crippen MR) is 109 cm³/mol. The average Bonchev–Trinajstić information content (AvgIpc) is 2.47. The lowest BCUT2D eigenvalue weighted by atomic mass is 9.62. The lowest BCUT2D eigenvalue weighted by Crippen LogP contribution is -2.56. The van der Waals surface area contributed by atoms with Crippen LogP contribution in [0.25, 0.3) is 0 Å². The number of carbonyl (C=O) groups is 2. The minimum atomic E-state index is -0.433. The van der Waals surface area contributed by atoms with E-state index < -0.39 is 5.97 Å². The molecule has 3 N–H and O–H groups in total. The highest BCUT2D eigenvalue weighted by molar-refractivity contribution is 5.86. The van der Waals surface area contributed by atoms with Crippen molar-refractivity contribution in [3.63, 3.8) is 0 Å². The summed E-state index contributed by atoms with van der Waals surface area (Å²) in [5.74, 6) is -0.433. The zero-order valence-electron chi connectivity index (χ0n) is 18.3. The summed E-state index contributed by atoms with van der Waals surface area (Å²) in [5.41, 5.74) is 6.15. The van der Waals surface area contributed by atoms with Gasteiger partial charge >= 0.3 is 12.0 Å². The van der Waals surface area contributed by atoms with Crippen molar-refractivity contribution in [2.45, 2.75) is 79.3 Å². The molecule has 27 heavy (non-hydrogen) atoms. The van der Waals surface area contributed by atoms with Gasteiger partial charge < -0.3 is 20.7 Å². The Hall–Kier alpha value is -1.56. The SMILES string of the molecule is C=C(C)C(=O)OCCN(C(=O)NC1CC(C)(C)CC(C)(CN)C1)C(C)(C)C. The van der Waals surface area contributed by atoms with Gasteiger partial charge in [0, 0.05) is 17.2 Å². The van der Waals surface area contributed by atoms with E-state index in [0.717, 1.165) is 19.3 Å². The first-order valence-electron chi connectivity index (χ1n) is 9.80. The molecule has 1 aliphatic rings. The molecule has 0 aromatic heterocycles. The molecule has 0 radical (unpaired) electrons. The normalized spacial score (nSPS) is 24.8. The predicted octanol–water partition coefficient (Wildman–Crippen LogP) is 3.46. The number of hydrogen-bond acceptors (Lipinski definition) is 4. The van der Waals surface area contributed by atoms with Gasteiger partial charge in [-0.1, -0.05) is 27.4 Å². The molecule has 1 aliphatic carbocycles. The fraction of sp³-hybridized carbons (Fsp3) is 0.810. The fourth-order valence-electron chi connectivity index (χ4n) is 4.24. The molecule has 1 saturated carbocycles. The van der Waals surface area contributed by atoms with E-state index in [4.69, 9.17) is 10.5 Å². The number of nitrogens with zero attached hydrogens (tertiary/aromatic N) is 1. The Bertz CT molecular complexity index is 566. The summed E-state index contributed by atoms with van der Waals surface area (Å²) < 4.78 is 5.18. The third kappa shape index (κ3) is 7.17. The number of carbonyl (C=O) groups excluding carboxylic acids is 2. The van der Waals surface area contributed by atoms with E-state index in [0.29, 0.717) is 18.7 Å². The Labute approximate surface area is 164 Å². The molecule has 0 bridgehead atoms. The molecule has 0 aromatic carbocycles. The van der Waals surface area contributed by atoms with Gasteiger partial charge in [0.25, 0.3) is 0 Å². The Morgan fingerprint density at radius 3 is 2.33 bits per heavy atom. The van der Waals surface area contributed by atoms with Crippen LogP contribution in [0.5, 0.6) is 0 Å². The molecule has 0 aromatic rings. The van der Waals surface area contributed by atoms with Crippen LogP contribution in [0.3, 0.4) is 0 Å². The molecule has 2 unspecified atom stereocenters. The quantitative estimate of drug-likeness (QED) is 0.545. The molecular formula is C21H39N3O3. The highest BCUT2D eigenvalue weighted by Gasteiger charge is 2.41. The summed E-state index contributed by atoms with van der Waals surface area (Å²) >= 11 is 0. The monoisotopic (exact) mass is 381 g/mol. The van der Waals surface area contributed by atoms with Gasteiger partial charge in [-0.3, -0.25) is 0 Å². The van der Waals surface area contributed by atoms with E-state index in [2.05, 4.69) is 32.7 Å². The summed E-state index contributed by atoms with van der Waals surface area (Å²) in [7, 11) is 0. The van der Waals surface area contributed by atoms with Gasteiger partial charge in [-0.2, -0.15) is 0 Å². The summed E-state index contributed by atoms with van der Waals surface area (Å²) in [4.78, 5) is 26.3. The van der Waals surface area contributed by atoms with Crippen LogP contribution in [0.2, 0.25) is 0 Å². The van der Waals surface area contributed by atoms with Crippen LogP contribution in [0.4, 0.5) is 4.79 Å². The largest absolute Gasteiger partial charge is 0.460 e. The van der Waals surface area contributed by atoms with E-state index in [9.17, 15) is 9.59 Å². The number of amides is 2. The standard InChI is InChI=1S/C21H39N3O3/c1-15(2)17(25)27-10-9-24(19(3,4)5)18(26)23-16-11-20(6,7)13-21(8,12-16)14-22/h16H,1,9-14,22H2,2-8H3,(H,23,26). The zero-order chi connectivity index (χ0) is 21.0. The number of urea groups is 1. The van der Waals surface area contributed by atoms with Gasteiger partial charge in [-0.05, 0) is 64.3 Å². The van der Waals surface area contributed by atoms with Crippen molar-refractivity contribution in [3.05, 3.63) is 12.2 Å². The summed E-state index contributed by atoms with van der Waals surface area (Å²) in [5, 5.41) is 3.20. The van der Waals surface area contributed by atoms with Gasteiger partial charge in [0.1, 0.15) is 6.61 Å². The zero-order valence-corrected chi connectivity index (χ0v) is 18.3. The maximum absolute atomic E-state index is 13.0. The number of rotatable bonds is 6. The number of ether oxygens (including phenoxy) is 1. The van der Waals surface area contributed by atoms with Crippen LogP contribution in [-0.4, -0.2) is 48.2 Å². The lowest BCUT2D eigenvalue weighted by molar-refractivity contribution is -0.139. The van der Waals surface area contributed by atoms with E-state index in [1.54, 1.807) is 11.8 Å². The van der Waals surface area contributed by atoms with E-state index >= 15 is 0 Å². The highest BCUT2D eigenvalue weighted by Crippen LogP contribution is 2.45. The molecule has 0 heterocycles. The molecule has 6 heteroatoms. The third-order valence-corrected chi connectivity index (χ3v) is 5.22. The van der Waals surface area contributed by atoms with Gasteiger partial charge in [0.2, 0.25) is 0 Å². The van der Waals surface area contributed by atoms with E-state index in [1.165, 1.54) is 0 Å². The van der Waals surface area contributed by atoms with Crippen LogP contribution in [0, 0.1) is 10.8 Å². The van der Waals surface area contributed by atoms with Crippen molar-refractivity contribution in [3.8, 4) is 0 Å². The van der Waals surface area contributed by atoms with Crippen molar-refractivity contribution >= 4 is 12.0 Å². The fourth-order valence-corrected chi connectivity index (χ4v) is 4.24. The van der Waals surface area contributed by atoms with Crippen LogP contribution < -0.4 is 11.1 Å². The van der Waals surface area contributed by atoms with Crippen molar-refractivity contribution < 1.29 is 14.3 Å². The van der Waals surface area contributed by atoms with Crippen molar-refractivity contribution in [2.24, 2.45) is 16.6 Å². The van der Waals surface area contributed by atoms with E-state index in [1.807, 2.05) is 20.8 Å². The Balaban J connectivity index is 2.78. The molecule has 0 aliphatic heterocycles. The minimum absolute atomic E-state index is 0.0310. The molecule has 0 saturated heterocycles. The molecule has 2 amide bonds. The molecule has 2 atom stereocenters. The Morgan fingerprint density at radius 2 is 1.85 bits per heavy atom. The summed E-state index contributed by atoms with van der Waals surface area (Å²) in [6.45, 7) is 18.9. The van der Waals surface area contributed by atoms with Crippen LogP contribution in [0.15, 0.2) is 12.2 Å². The first kappa shape index (κ1) is 23.5. The molecular weight excluding hydrogens is 342 g/mol. The van der Waals surface area contributed by atoms with Gasteiger partial charge in [0.05, 0.1) is 6.54 Å². The van der Waals surface area contributed by atoms with Gasteiger partial charge in [0.15, 0.2) is 0 Å². The second kappa shape index (κ2) is 8.63. The number of esters is 1. The molecule has 1 rings (SSSR count). The maximum Gasteiger partial charge on any atom is 0.333 e. The van der Waals surface area contributed by atoms with Crippen molar-refractivity contribution in [1.29, 1.82) is 0 Å². The highest BCUT2D eigenvalue weighted by atomic mass is 16.5. The first-order chi connectivity index (χ1) is 12.2. The Kier molecular flexibility index (Phi) is 7.51. The van der Waals surface area contributed by atoms with E-state index in [-0.39, 0.29) is 35.0 Å². The van der Waals surface area contributed by atoms with Crippen molar-refractivity contribution in [1.82, 2.24) is 10.2 Å². The number of nitrogens with two attached hydrogens (primary N) is 1. The number of hydrogen-bond donors (Lipinski definition) is 2. The maximum atomic E-state index is 13.0. The third-order valence-electron chi connectivity index (χ3n) is 5.22. The minimum Gasteiger partial charge on any atom is -0.460 e.